The van der Waals surface area contributed by atoms with Crippen molar-refractivity contribution in [3.8, 4) is 11.5 Å². The molecule has 0 saturated heterocycles. The minimum atomic E-state index is -3.93. The van der Waals surface area contributed by atoms with Crippen molar-refractivity contribution < 1.29 is 22.7 Å². The zero-order valence-electron chi connectivity index (χ0n) is 18.0. The van der Waals surface area contributed by atoms with Gasteiger partial charge in [-0.05, 0) is 42.8 Å². The Bertz CT molecular complexity index is 1150. The number of nitrogens with zero attached hydrogens (tertiary/aromatic N) is 1. The molecule has 32 heavy (non-hydrogen) atoms. The van der Waals surface area contributed by atoms with Crippen LogP contribution < -0.4 is 19.1 Å². The number of aryl methyl sites for hydroxylation is 1. The molecule has 0 atom stereocenters. The number of methoxy groups -OCH3 is 1. The van der Waals surface area contributed by atoms with E-state index in [1.165, 1.54) is 12.1 Å². The quantitative estimate of drug-likeness (QED) is 0.475. The first-order valence-corrected chi connectivity index (χ1v) is 11.5. The molecule has 0 saturated carbocycles. The number of benzene rings is 3. The van der Waals surface area contributed by atoms with Crippen molar-refractivity contribution in [3.63, 3.8) is 0 Å². The van der Waals surface area contributed by atoms with Crippen molar-refractivity contribution in [1.29, 1.82) is 0 Å². The van der Waals surface area contributed by atoms with Crippen LogP contribution in [0.25, 0.3) is 0 Å². The minimum absolute atomic E-state index is 0.123. The third-order valence-corrected chi connectivity index (χ3v) is 6.51. The van der Waals surface area contributed by atoms with Gasteiger partial charge in [-0.15, -0.1) is 0 Å². The van der Waals surface area contributed by atoms with Crippen molar-refractivity contribution in [2.75, 3.05) is 31.1 Å². The van der Waals surface area contributed by atoms with Gasteiger partial charge in [0.05, 0.1) is 24.2 Å². The first-order valence-electron chi connectivity index (χ1n) is 10.1. The molecule has 3 aromatic rings. The summed E-state index contributed by atoms with van der Waals surface area (Å²) in [6, 6.07) is 22.3. The van der Waals surface area contributed by atoms with E-state index in [9.17, 15) is 13.2 Å². The van der Waals surface area contributed by atoms with E-state index >= 15 is 0 Å². The van der Waals surface area contributed by atoms with Crippen molar-refractivity contribution in [2.24, 2.45) is 0 Å². The number of carbonyl (C=O) groups excluding carboxylic acids is 1. The molecule has 3 aromatic carbocycles. The van der Waals surface area contributed by atoms with Gasteiger partial charge >= 0.3 is 0 Å². The molecule has 0 aliphatic carbocycles. The van der Waals surface area contributed by atoms with Crippen molar-refractivity contribution >= 4 is 21.6 Å². The average Bonchev–Trinajstić information content (AvgIpc) is 2.81. The van der Waals surface area contributed by atoms with Crippen LogP contribution in [0.15, 0.2) is 83.8 Å². The van der Waals surface area contributed by atoms with E-state index in [4.69, 9.17) is 9.47 Å². The summed E-state index contributed by atoms with van der Waals surface area (Å²) in [6.07, 6.45) is 0. The summed E-state index contributed by atoms with van der Waals surface area (Å²) in [4.78, 5) is 12.8. The number of amides is 1. The Morgan fingerprint density at radius 3 is 2.34 bits per heavy atom. The van der Waals surface area contributed by atoms with Gasteiger partial charge in [0.15, 0.2) is 0 Å². The number of rotatable bonds is 10. The van der Waals surface area contributed by atoms with Gasteiger partial charge in [0, 0.05) is 6.07 Å². The topological polar surface area (TPSA) is 84.9 Å². The molecule has 168 valence electrons. The van der Waals surface area contributed by atoms with Crippen LogP contribution in [0.1, 0.15) is 5.56 Å². The molecule has 0 radical (unpaired) electrons. The monoisotopic (exact) mass is 454 g/mol. The normalized spacial score (nSPS) is 10.9. The number of anilines is 1. The fourth-order valence-corrected chi connectivity index (χ4v) is 4.61. The van der Waals surface area contributed by atoms with Crippen LogP contribution in [0.3, 0.4) is 0 Å². The lowest BCUT2D eigenvalue weighted by Gasteiger charge is -2.25. The highest BCUT2D eigenvalue weighted by Gasteiger charge is 2.27. The van der Waals surface area contributed by atoms with Crippen LogP contribution in [-0.2, 0) is 14.8 Å². The Balaban J connectivity index is 1.68. The van der Waals surface area contributed by atoms with Crippen LogP contribution in [-0.4, -0.2) is 41.1 Å². The molecular weight excluding hydrogens is 428 g/mol. The lowest BCUT2D eigenvalue weighted by atomic mass is 10.2. The van der Waals surface area contributed by atoms with E-state index < -0.39 is 15.9 Å². The third-order valence-electron chi connectivity index (χ3n) is 4.74. The van der Waals surface area contributed by atoms with Crippen LogP contribution in [0.5, 0.6) is 11.5 Å². The maximum Gasteiger partial charge on any atom is 0.264 e. The highest BCUT2D eigenvalue weighted by atomic mass is 32.2. The summed E-state index contributed by atoms with van der Waals surface area (Å²) in [6.45, 7) is 1.92. The second-order valence-electron chi connectivity index (χ2n) is 6.99. The van der Waals surface area contributed by atoms with Crippen molar-refractivity contribution in [1.82, 2.24) is 5.32 Å². The minimum Gasteiger partial charge on any atom is -0.497 e. The molecule has 3 rings (SSSR count). The molecule has 0 heterocycles. The summed E-state index contributed by atoms with van der Waals surface area (Å²) >= 11 is 0. The molecule has 1 amide bonds. The van der Waals surface area contributed by atoms with Gasteiger partial charge in [0.1, 0.15) is 24.7 Å². The van der Waals surface area contributed by atoms with Crippen molar-refractivity contribution in [2.45, 2.75) is 11.8 Å². The van der Waals surface area contributed by atoms with Gasteiger partial charge in [-0.2, -0.15) is 0 Å². The number of nitrogens with one attached hydrogen (secondary N) is 1. The summed E-state index contributed by atoms with van der Waals surface area (Å²) in [5.74, 6) is 0.861. The molecule has 0 aliphatic heterocycles. The fourth-order valence-electron chi connectivity index (χ4n) is 3.10. The first-order chi connectivity index (χ1) is 15.4. The molecule has 0 spiro atoms. The molecule has 0 aromatic heterocycles. The Labute approximate surface area is 188 Å². The Morgan fingerprint density at radius 2 is 1.62 bits per heavy atom. The lowest BCUT2D eigenvalue weighted by molar-refractivity contribution is -0.119. The fraction of sp³-hybridized carbons (Fsp3) is 0.208. The van der Waals surface area contributed by atoms with Gasteiger partial charge in [0.2, 0.25) is 5.91 Å². The van der Waals surface area contributed by atoms with E-state index in [1.807, 2.05) is 25.1 Å². The van der Waals surface area contributed by atoms with Crippen molar-refractivity contribution in [3.05, 3.63) is 84.4 Å². The second-order valence-corrected chi connectivity index (χ2v) is 8.85. The Hall–Kier alpha value is -3.52. The maximum absolute atomic E-state index is 13.3. The highest BCUT2D eigenvalue weighted by Crippen LogP contribution is 2.26. The summed E-state index contributed by atoms with van der Waals surface area (Å²) in [5.41, 5.74) is 1.21. The zero-order chi connectivity index (χ0) is 23.0. The number of para-hydroxylation sites is 1. The smallest absolute Gasteiger partial charge is 0.264 e. The zero-order valence-corrected chi connectivity index (χ0v) is 18.8. The van der Waals surface area contributed by atoms with Gasteiger partial charge in [-0.25, -0.2) is 8.42 Å². The molecule has 0 aliphatic rings. The molecular formula is C24H26N2O5S. The number of ether oxygens (including phenoxy) is 2. The first kappa shape index (κ1) is 23.1. The largest absolute Gasteiger partial charge is 0.497 e. The molecule has 0 unspecified atom stereocenters. The third kappa shape index (κ3) is 5.79. The molecule has 0 bridgehead atoms. The van der Waals surface area contributed by atoms with E-state index in [0.717, 1.165) is 9.87 Å². The van der Waals surface area contributed by atoms with E-state index in [1.54, 1.807) is 55.6 Å². The Morgan fingerprint density at radius 1 is 0.938 bits per heavy atom. The van der Waals surface area contributed by atoms with Crippen LogP contribution in [0.4, 0.5) is 5.69 Å². The van der Waals surface area contributed by atoms with E-state index in [2.05, 4.69) is 5.32 Å². The summed E-state index contributed by atoms with van der Waals surface area (Å²) < 4.78 is 38.5. The van der Waals surface area contributed by atoms with Gasteiger partial charge in [-0.1, -0.05) is 42.5 Å². The van der Waals surface area contributed by atoms with Crippen LogP contribution >= 0.6 is 0 Å². The molecule has 7 nitrogen and oxygen atoms in total. The number of hydrogen-bond donors (Lipinski definition) is 1. The Kier molecular flexibility index (Phi) is 7.72. The van der Waals surface area contributed by atoms with E-state index in [-0.39, 0.29) is 24.6 Å². The predicted octanol–water partition coefficient (Wildman–Crippen LogP) is 3.39. The van der Waals surface area contributed by atoms with Crippen LogP contribution in [0, 0.1) is 6.92 Å². The summed E-state index contributed by atoms with van der Waals surface area (Å²) in [7, 11) is -2.35. The highest BCUT2D eigenvalue weighted by molar-refractivity contribution is 7.92. The summed E-state index contributed by atoms with van der Waals surface area (Å²) in [5, 5.41) is 2.72. The van der Waals surface area contributed by atoms with E-state index in [0.29, 0.717) is 17.2 Å². The second kappa shape index (κ2) is 10.7. The maximum atomic E-state index is 13.3. The number of carbonyl (C=O) groups is 1. The lowest BCUT2D eigenvalue weighted by Crippen LogP contribution is -2.42. The van der Waals surface area contributed by atoms with Gasteiger partial charge in [-0.3, -0.25) is 9.10 Å². The average molecular weight is 455 g/mol. The SMILES string of the molecule is COc1cccc(OCCNC(=O)CN(c2ccccc2C)S(=O)(=O)c2ccccc2)c1. The number of sulfonamides is 1. The molecule has 0 fully saturated rings. The molecule has 1 N–H and O–H groups in total. The number of hydrogen-bond acceptors (Lipinski definition) is 5. The predicted molar refractivity (Wildman–Crippen MR) is 124 cm³/mol. The van der Waals surface area contributed by atoms with Crippen LogP contribution in [0.2, 0.25) is 0 Å². The standard InChI is InChI=1S/C24H26N2O5S/c1-19-9-6-7-14-23(19)26(32(28,29)22-12-4-3-5-13-22)18-24(27)25-15-16-31-21-11-8-10-20(17-21)30-2/h3-14,17H,15-16,18H2,1-2H3,(H,25,27). The molecule has 8 heteroatoms. The van der Waals surface area contributed by atoms with Gasteiger partial charge in [0.25, 0.3) is 10.0 Å². The van der Waals surface area contributed by atoms with Gasteiger partial charge < -0.3 is 14.8 Å².